The van der Waals surface area contributed by atoms with Gasteiger partial charge >= 0.3 is 0 Å². The highest BCUT2D eigenvalue weighted by Gasteiger charge is 2.18. The van der Waals surface area contributed by atoms with Gasteiger partial charge in [-0.15, -0.1) is 0 Å². The Labute approximate surface area is 171 Å². The minimum Gasteiger partial charge on any atom is -0.493 e. The molecule has 0 aromatic heterocycles. The maximum atomic E-state index is 13.1. The highest BCUT2D eigenvalue weighted by molar-refractivity contribution is 5.95. The monoisotopic (exact) mass is 393 g/mol. The zero-order valence-electron chi connectivity index (χ0n) is 17.4. The minimum atomic E-state index is -0.0969. The lowest BCUT2D eigenvalue weighted by Crippen LogP contribution is -2.26. The van der Waals surface area contributed by atoms with Gasteiger partial charge in [0.2, 0.25) is 0 Å². The number of rotatable bonds is 8. The Morgan fingerprint density at radius 2 is 1.66 bits per heavy atom. The largest absolute Gasteiger partial charge is 0.493 e. The minimum absolute atomic E-state index is 0.0969. The van der Waals surface area contributed by atoms with E-state index in [0.717, 1.165) is 28.5 Å². The standard InChI is InChI=1S/C24H27NO4/c1-5-14-29-21-12-10-17-8-6-7-9-19(17)20(21)16-25(2)24(26)18-11-13-22(27-3)23(15-18)28-4/h6-13,15H,5,14,16H2,1-4H3. The highest BCUT2D eigenvalue weighted by atomic mass is 16.5. The van der Waals surface area contributed by atoms with E-state index in [1.807, 2.05) is 18.2 Å². The average molecular weight is 393 g/mol. The molecule has 0 aliphatic carbocycles. The van der Waals surface area contributed by atoms with Gasteiger partial charge in [0, 0.05) is 24.7 Å². The van der Waals surface area contributed by atoms with Crippen molar-refractivity contribution in [3.63, 3.8) is 0 Å². The number of amides is 1. The molecule has 3 aromatic carbocycles. The molecule has 0 radical (unpaired) electrons. The van der Waals surface area contributed by atoms with Crippen molar-refractivity contribution in [3.05, 3.63) is 65.7 Å². The van der Waals surface area contributed by atoms with Crippen LogP contribution in [0.5, 0.6) is 17.2 Å². The lowest BCUT2D eigenvalue weighted by atomic mass is 10.0. The Morgan fingerprint density at radius 1 is 0.931 bits per heavy atom. The predicted molar refractivity (Wildman–Crippen MR) is 115 cm³/mol. The molecule has 0 unspecified atom stereocenters. The van der Waals surface area contributed by atoms with E-state index in [2.05, 4.69) is 25.1 Å². The Morgan fingerprint density at radius 3 is 2.38 bits per heavy atom. The first-order chi connectivity index (χ1) is 14.1. The molecular formula is C24H27NO4. The molecule has 0 bridgehead atoms. The van der Waals surface area contributed by atoms with Crippen LogP contribution in [0.1, 0.15) is 29.3 Å². The molecule has 3 rings (SSSR count). The summed E-state index contributed by atoms with van der Waals surface area (Å²) in [5.74, 6) is 1.85. The van der Waals surface area contributed by atoms with Crippen LogP contribution < -0.4 is 14.2 Å². The van der Waals surface area contributed by atoms with Crippen LogP contribution >= 0.6 is 0 Å². The van der Waals surface area contributed by atoms with Crippen molar-refractivity contribution >= 4 is 16.7 Å². The van der Waals surface area contributed by atoms with Crippen molar-refractivity contribution in [2.45, 2.75) is 19.9 Å². The van der Waals surface area contributed by atoms with Gasteiger partial charge in [-0.1, -0.05) is 37.3 Å². The summed E-state index contributed by atoms with van der Waals surface area (Å²) in [6.45, 7) is 3.15. The summed E-state index contributed by atoms with van der Waals surface area (Å²) in [7, 11) is 4.93. The molecule has 3 aromatic rings. The number of hydrogen-bond acceptors (Lipinski definition) is 4. The summed E-state index contributed by atoms with van der Waals surface area (Å²) in [5, 5.41) is 2.21. The number of benzene rings is 3. The molecule has 0 aliphatic rings. The molecule has 0 saturated carbocycles. The maximum Gasteiger partial charge on any atom is 0.254 e. The van der Waals surface area contributed by atoms with Crippen LogP contribution in [0.4, 0.5) is 0 Å². The quantitative estimate of drug-likeness (QED) is 0.545. The molecule has 0 spiro atoms. The average Bonchev–Trinajstić information content (AvgIpc) is 2.77. The molecule has 29 heavy (non-hydrogen) atoms. The normalized spacial score (nSPS) is 10.6. The van der Waals surface area contributed by atoms with E-state index in [1.165, 1.54) is 0 Å². The molecule has 5 nitrogen and oxygen atoms in total. The van der Waals surface area contributed by atoms with Crippen molar-refractivity contribution in [3.8, 4) is 17.2 Å². The van der Waals surface area contributed by atoms with Crippen LogP contribution in [-0.4, -0.2) is 38.7 Å². The van der Waals surface area contributed by atoms with Crippen LogP contribution in [0, 0.1) is 0 Å². The first kappa shape index (κ1) is 20.5. The summed E-state index contributed by atoms with van der Waals surface area (Å²) in [6.07, 6.45) is 0.923. The summed E-state index contributed by atoms with van der Waals surface area (Å²) in [6, 6.07) is 17.4. The zero-order chi connectivity index (χ0) is 20.8. The van der Waals surface area contributed by atoms with Crippen LogP contribution in [0.2, 0.25) is 0 Å². The zero-order valence-corrected chi connectivity index (χ0v) is 17.4. The van der Waals surface area contributed by atoms with Gasteiger partial charge in [0.1, 0.15) is 5.75 Å². The molecule has 0 atom stereocenters. The van der Waals surface area contributed by atoms with Gasteiger partial charge in [0.15, 0.2) is 11.5 Å². The summed E-state index contributed by atoms with van der Waals surface area (Å²) in [4.78, 5) is 14.8. The number of hydrogen-bond donors (Lipinski definition) is 0. The SMILES string of the molecule is CCCOc1ccc2ccccc2c1CN(C)C(=O)c1ccc(OC)c(OC)c1. The summed E-state index contributed by atoms with van der Waals surface area (Å²) >= 11 is 0. The van der Waals surface area contributed by atoms with Crippen LogP contribution in [0.15, 0.2) is 54.6 Å². The fourth-order valence-electron chi connectivity index (χ4n) is 3.32. The van der Waals surface area contributed by atoms with Gasteiger partial charge in [0.05, 0.1) is 20.8 Å². The maximum absolute atomic E-state index is 13.1. The third-order valence-electron chi connectivity index (χ3n) is 4.83. The van der Waals surface area contributed by atoms with Crippen molar-refractivity contribution < 1.29 is 19.0 Å². The number of ether oxygens (including phenoxy) is 3. The van der Waals surface area contributed by atoms with E-state index in [1.54, 1.807) is 44.4 Å². The second-order valence-corrected chi connectivity index (χ2v) is 6.84. The van der Waals surface area contributed by atoms with Crippen LogP contribution in [0.25, 0.3) is 10.8 Å². The van der Waals surface area contributed by atoms with Gasteiger partial charge in [-0.3, -0.25) is 4.79 Å². The summed E-state index contributed by atoms with van der Waals surface area (Å²) in [5.41, 5.74) is 1.55. The fraction of sp³-hybridized carbons (Fsp3) is 0.292. The summed E-state index contributed by atoms with van der Waals surface area (Å²) < 4.78 is 16.6. The Bertz CT molecular complexity index is 999. The lowest BCUT2D eigenvalue weighted by molar-refractivity contribution is 0.0784. The van der Waals surface area contributed by atoms with Gasteiger partial charge in [-0.25, -0.2) is 0 Å². The van der Waals surface area contributed by atoms with E-state index in [-0.39, 0.29) is 5.91 Å². The van der Waals surface area contributed by atoms with Crippen molar-refractivity contribution in [2.24, 2.45) is 0 Å². The fourth-order valence-corrected chi connectivity index (χ4v) is 3.32. The van der Waals surface area contributed by atoms with E-state index in [4.69, 9.17) is 14.2 Å². The first-order valence-corrected chi connectivity index (χ1v) is 9.70. The molecule has 1 amide bonds. The van der Waals surface area contributed by atoms with Gasteiger partial charge < -0.3 is 19.1 Å². The molecule has 0 N–H and O–H groups in total. The van der Waals surface area contributed by atoms with Gasteiger partial charge in [-0.2, -0.15) is 0 Å². The van der Waals surface area contributed by atoms with E-state index in [0.29, 0.717) is 30.2 Å². The predicted octanol–water partition coefficient (Wildman–Crippen LogP) is 4.92. The molecule has 5 heteroatoms. The topological polar surface area (TPSA) is 48.0 Å². The van der Waals surface area contributed by atoms with E-state index >= 15 is 0 Å². The lowest BCUT2D eigenvalue weighted by Gasteiger charge is -2.21. The molecule has 152 valence electrons. The van der Waals surface area contributed by atoms with E-state index in [9.17, 15) is 4.79 Å². The van der Waals surface area contributed by atoms with E-state index < -0.39 is 0 Å². The molecule has 0 saturated heterocycles. The second-order valence-electron chi connectivity index (χ2n) is 6.84. The number of carbonyl (C=O) groups excluding carboxylic acids is 1. The van der Waals surface area contributed by atoms with Crippen LogP contribution in [0.3, 0.4) is 0 Å². The number of carbonyl (C=O) groups is 1. The molecular weight excluding hydrogens is 366 g/mol. The second kappa shape index (κ2) is 9.32. The number of methoxy groups -OCH3 is 2. The Kier molecular flexibility index (Phi) is 6.60. The third kappa shape index (κ3) is 4.45. The van der Waals surface area contributed by atoms with Crippen molar-refractivity contribution in [1.82, 2.24) is 4.90 Å². The van der Waals surface area contributed by atoms with Crippen molar-refractivity contribution in [2.75, 3.05) is 27.9 Å². The highest BCUT2D eigenvalue weighted by Crippen LogP contribution is 2.31. The number of nitrogens with zero attached hydrogens (tertiary/aromatic N) is 1. The molecule has 0 fully saturated rings. The Hall–Kier alpha value is -3.21. The first-order valence-electron chi connectivity index (χ1n) is 9.70. The van der Waals surface area contributed by atoms with Crippen LogP contribution in [-0.2, 0) is 6.54 Å². The van der Waals surface area contributed by atoms with Gasteiger partial charge in [0.25, 0.3) is 5.91 Å². The Balaban J connectivity index is 1.92. The molecule has 0 aliphatic heterocycles. The number of fused-ring (bicyclic) bond motifs is 1. The van der Waals surface area contributed by atoms with Crippen molar-refractivity contribution in [1.29, 1.82) is 0 Å². The third-order valence-corrected chi connectivity index (χ3v) is 4.83. The smallest absolute Gasteiger partial charge is 0.254 e. The van der Waals surface area contributed by atoms with Gasteiger partial charge in [-0.05, 0) is 41.5 Å². The molecule has 0 heterocycles.